The van der Waals surface area contributed by atoms with Crippen molar-refractivity contribution in [1.29, 1.82) is 0 Å². The first-order valence-corrected chi connectivity index (χ1v) is 18.9. The molecule has 0 bridgehead atoms. The van der Waals surface area contributed by atoms with Crippen LogP contribution in [0.2, 0.25) is 10.2 Å². The van der Waals surface area contributed by atoms with Gasteiger partial charge in [0.25, 0.3) is 0 Å². The summed E-state index contributed by atoms with van der Waals surface area (Å²) in [4.78, 5) is 32.6. The van der Waals surface area contributed by atoms with Crippen molar-refractivity contribution >= 4 is 94.7 Å². The smallest absolute Gasteiger partial charge is 0.325 e. The van der Waals surface area contributed by atoms with Crippen molar-refractivity contribution in [2.24, 2.45) is 5.41 Å². The van der Waals surface area contributed by atoms with Crippen LogP contribution < -0.4 is 15.5 Å². The highest BCUT2D eigenvalue weighted by molar-refractivity contribution is 7.22. The zero-order chi connectivity index (χ0) is 34.8. The third kappa shape index (κ3) is 6.15. The van der Waals surface area contributed by atoms with E-state index in [4.69, 9.17) is 28.2 Å². The lowest BCUT2D eigenvalue weighted by molar-refractivity contribution is 0.125. The van der Waals surface area contributed by atoms with Crippen LogP contribution in [-0.2, 0) is 5.41 Å². The number of halogens is 2. The SMILES string of the molecule is CC(C)(C)CN1CCC2(CC1)CN(c1ccccc1NC(=O)Nc1nc3ccc(Cl)nc3s1)c1c(O)ccc(-c3nc4c(Cl)cccc4s3)c12. The number of aromatic hydroxyl groups is 1. The van der Waals surface area contributed by atoms with Gasteiger partial charge in [-0.2, -0.15) is 0 Å². The van der Waals surface area contributed by atoms with Crippen molar-refractivity contribution in [1.82, 2.24) is 19.9 Å². The number of nitrogens with zero attached hydrogens (tertiary/aromatic N) is 5. The molecule has 2 amide bonds. The number of phenolic OH excluding ortho intramolecular Hbond substituents is 1. The van der Waals surface area contributed by atoms with Crippen LogP contribution in [0.1, 0.15) is 39.2 Å². The first kappa shape index (κ1) is 33.2. The molecule has 3 aromatic heterocycles. The summed E-state index contributed by atoms with van der Waals surface area (Å²) in [5.74, 6) is 0.191. The fourth-order valence-electron chi connectivity index (χ4n) is 7.40. The van der Waals surface area contributed by atoms with Gasteiger partial charge >= 0.3 is 6.03 Å². The summed E-state index contributed by atoms with van der Waals surface area (Å²) in [5, 5.41) is 19.9. The Bertz CT molecular complexity index is 2270. The second-order valence-corrected chi connectivity index (χ2v) is 17.0. The van der Waals surface area contributed by atoms with E-state index in [9.17, 15) is 9.90 Å². The van der Waals surface area contributed by atoms with E-state index in [1.807, 2.05) is 48.5 Å². The predicted molar refractivity (Wildman–Crippen MR) is 207 cm³/mol. The average Bonchev–Trinajstić information content (AvgIpc) is 3.77. The highest BCUT2D eigenvalue weighted by atomic mass is 35.5. The van der Waals surface area contributed by atoms with Crippen LogP contribution in [0, 0.1) is 5.41 Å². The number of amides is 2. The highest BCUT2D eigenvalue weighted by Crippen LogP contribution is 2.57. The van der Waals surface area contributed by atoms with E-state index in [2.05, 4.69) is 51.2 Å². The van der Waals surface area contributed by atoms with Gasteiger partial charge in [0.05, 0.1) is 26.8 Å². The van der Waals surface area contributed by atoms with E-state index >= 15 is 0 Å². The zero-order valence-electron chi connectivity index (χ0n) is 27.8. The summed E-state index contributed by atoms with van der Waals surface area (Å²) < 4.78 is 1.02. The molecule has 0 saturated carbocycles. The van der Waals surface area contributed by atoms with E-state index in [0.29, 0.717) is 37.9 Å². The molecule has 3 N–H and O–H groups in total. The summed E-state index contributed by atoms with van der Waals surface area (Å²) in [6.45, 7) is 10.4. The topological polar surface area (TPSA) is 107 Å². The Morgan fingerprint density at radius 3 is 2.52 bits per heavy atom. The third-order valence-corrected chi connectivity index (χ3v) is 11.9. The molecule has 8 rings (SSSR count). The number of carbonyl (C=O) groups excluding carboxylic acids is 1. The molecule has 2 aliphatic heterocycles. The monoisotopic (exact) mass is 743 g/mol. The quantitative estimate of drug-likeness (QED) is 0.151. The second kappa shape index (κ2) is 12.6. The van der Waals surface area contributed by atoms with Crippen molar-refractivity contribution in [2.45, 2.75) is 39.0 Å². The lowest BCUT2D eigenvalue weighted by atomic mass is 9.72. The van der Waals surface area contributed by atoms with Gasteiger partial charge in [0, 0.05) is 24.1 Å². The van der Waals surface area contributed by atoms with Gasteiger partial charge in [-0.15, -0.1) is 11.3 Å². The van der Waals surface area contributed by atoms with Crippen LogP contribution in [0.4, 0.5) is 27.0 Å². The molecule has 13 heteroatoms. The summed E-state index contributed by atoms with van der Waals surface area (Å²) in [5.41, 5.74) is 5.63. The van der Waals surface area contributed by atoms with Gasteiger partial charge in [-0.05, 0) is 85.4 Å². The lowest BCUT2D eigenvalue weighted by Crippen LogP contribution is -2.47. The molecule has 50 heavy (non-hydrogen) atoms. The van der Waals surface area contributed by atoms with E-state index in [0.717, 1.165) is 70.2 Å². The number of pyridine rings is 1. The molecule has 9 nitrogen and oxygen atoms in total. The molecule has 1 spiro atoms. The van der Waals surface area contributed by atoms with Gasteiger partial charge in [0.15, 0.2) is 5.13 Å². The summed E-state index contributed by atoms with van der Waals surface area (Å²) in [7, 11) is 0. The number of aromatic nitrogens is 3. The van der Waals surface area contributed by atoms with Gasteiger partial charge in [0.1, 0.15) is 31.8 Å². The van der Waals surface area contributed by atoms with E-state index in [1.54, 1.807) is 29.5 Å². The molecule has 5 heterocycles. The van der Waals surface area contributed by atoms with Crippen LogP contribution in [0.15, 0.2) is 66.7 Å². The van der Waals surface area contributed by atoms with Crippen molar-refractivity contribution in [3.8, 4) is 16.3 Å². The molecule has 1 saturated heterocycles. The molecule has 0 aliphatic carbocycles. The minimum absolute atomic E-state index is 0.188. The molecule has 0 unspecified atom stereocenters. The molecule has 0 radical (unpaired) electrons. The van der Waals surface area contributed by atoms with Crippen molar-refractivity contribution < 1.29 is 9.90 Å². The van der Waals surface area contributed by atoms with Gasteiger partial charge in [-0.25, -0.2) is 19.7 Å². The summed E-state index contributed by atoms with van der Waals surface area (Å²) in [6, 6.07) is 20.3. The highest BCUT2D eigenvalue weighted by Gasteiger charge is 2.49. The van der Waals surface area contributed by atoms with E-state index in [1.165, 1.54) is 11.3 Å². The van der Waals surface area contributed by atoms with Gasteiger partial charge in [0.2, 0.25) is 0 Å². The van der Waals surface area contributed by atoms with Gasteiger partial charge < -0.3 is 20.2 Å². The van der Waals surface area contributed by atoms with Gasteiger partial charge in [-0.3, -0.25) is 5.32 Å². The number of rotatable bonds is 5. The number of hydrogen-bond donors (Lipinski definition) is 3. The fourth-order valence-corrected chi connectivity index (χ4v) is 9.72. The number of hydrogen-bond acceptors (Lipinski definition) is 9. The summed E-state index contributed by atoms with van der Waals surface area (Å²) >= 11 is 15.5. The number of piperidine rings is 1. The Morgan fingerprint density at radius 2 is 1.74 bits per heavy atom. The normalized spacial score (nSPS) is 16.0. The molecule has 2 aliphatic rings. The molecule has 6 aromatic rings. The number of para-hydroxylation sites is 3. The fraction of sp³-hybridized carbons (Fsp3) is 0.297. The standard InChI is InChI=1S/C37H35Cl2N7O2S2/c1-36(2,3)19-45-17-15-37(16-18-45)20-46(31-26(47)13-11-21(29(31)37)32-43-30-22(38)7-6-10-27(30)49-32)25-9-5-4-8-23(25)40-34(48)44-35-41-24-12-14-28(39)42-33(24)50-35/h4-14,47H,15-20H2,1-3H3,(H2,40,41,44,48). The van der Waals surface area contributed by atoms with Crippen LogP contribution in [0.3, 0.4) is 0 Å². The van der Waals surface area contributed by atoms with Crippen molar-refractivity contribution in [2.75, 3.05) is 41.7 Å². The van der Waals surface area contributed by atoms with Crippen molar-refractivity contribution in [3.63, 3.8) is 0 Å². The number of thiazole rings is 2. The lowest BCUT2D eigenvalue weighted by Gasteiger charge is -2.42. The number of carbonyl (C=O) groups is 1. The Morgan fingerprint density at radius 1 is 0.940 bits per heavy atom. The maximum atomic E-state index is 13.4. The number of anilines is 4. The van der Waals surface area contributed by atoms with Crippen LogP contribution in [-0.4, -0.2) is 57.2 Å². The Kier molecular flexibility index (Phi) is 8.39. The summed E-state index contributed by atoms with van der Waals surface area (Å²) in [6.07, 6.45) is 1.83. The first-order valence-electron chi connectivity index (χ1n) is 16.5. The first-order chi connectivity index (χ1) is 24.0. The minimum Gasteiger partial charge on any atom is -0.506 e. The number of benzene rings is 3. The third-order valence-electron chi connectivity index (χ3n) is 9.41. The molecule has 3 aromatic carbocycles. The minimum atomic E-state index is -0.434. The Labute approximate surface area is 307 Å². The molecule has 256 valence electrons. The number of nitrogens with one attached hydrogen (secondary N) is 2. The number of likely N-dealkylation sites (tertiary alicyclic amines) is 1. The average molecular weight is 745 g/mol. The predicted octanol–water partition coefficient (Wildman–Crippen LogP) is 10.2. The Hall–Kier alpha value is -4.00. The maximum absolute atomic E-state index is 13.4. The van der Waals surface area contributed by atoms with E-state index in [-0.39, 0.29) is 16.6 Å². The number of phenols is 1. The number of fused-ring (bicyclic) bond motifs is 4. The van der Waals surface area contributed by atoms with Gasteiger partial charge in [-0.1, -0.05) is 73.5 Å². The van der Waals surface area contributed by atoms with Crippen LogP contribution in [0.25, 0.3) is 31.1 Å². The Balaban J connectivity index is 1.18. The van der Waals surface area contributed by atoms with E-state index < -0.39 is 6.03 Å². The van der Waals surface area contributed by atoms with Crippen LogP contribution in [0.5, 0.6) is 5.75 Å². The largest absolute Gasteiger partial charge is 0.506 e. The molecule has 0 atom stereocenters. The number of urea groups is 1. The zero-order valence-corrected chi connectivity index (χ0v) is 30.9. The second-order valence-electron chi connectivity index (χ2n) is 14.2. The molecular weight excluding hydrogens is 709 g/mol. The maximum Gasteiger partial charge on any atom is 0.325 e. The molecular formula is C37H35Cl2N7O2S2. The van der Waals surface area contributed by atoms with Crippen molar-refractivity contribution in [3.05, 3.63) is 82.5 Å². The van der Waals surface area contributed by atoms with Crippen LogP contribution >= 0.6 is 45.9 Å². The molecule has 1 fully saturated rings.